The Kier molecular flexibility index (Phi) is 6.87. The van der Waals surface area contributed by atoms with E-state index in [-0.39, 0.29) is 6.61 Å². The zero-order chi connectivity index (χ0) is 17.6. The minimum atomic E-state index is 0.201. The molecule has 1 heterocycles. The van der Waals surface area contributed by atoms with Crippen LogP contribution in [0.25, 0.3) is 10.6 Å². The Morgan fingerprint density at radius 2 is 2.12 bits per heavy atom. The molecule has 0 saturated heterocycles. The first-order valence-electron chi connectivity index (χ1n) is 8.84. The van der Waals surface area contributed by atoms with Crippen LogP contribution in [0.3, 0.4) is 0 Å². The number of nitrogens with zero attached hydrogens (tertiary/aromatic N) is 2. The molecule has 2 aromatic rings. The van der Waals surface area contributed by atoms with Crippen LogP contribution in [-0.2, 0) is 6.54 Å². The zero-order valence-electron chi connectivity index (χ0n) is 14.6. The number of aliphatic hydroxyl groups is 1. The quantitative estimate of drug-likeness (QED) is 0.698. The second kappa shape index (κ2) is 9.12. The number of thiazole rings is 1. The van der Waals surface area contributed by atoms with Crippen molar-refractivity contribution in [2.45, 2.75) is 44.7 Å². The van der Waals surface area contributed by atoms with Crippen LogP contribution < -0.4 is 4.74 Å². The minimum absolute atomic E-state index is 0.201. The van der Waals surface area contributed by atoms with Gasteiger partial charge in [0.15, 0.2) is 0 Å². The van der Waals surface area contributed by atoms with Gasteiger partial charge in [-0.25, -0.2) is 4.98 Å². The summed E-state index contributed by atoms with van der Waals surface area (Å²) in [4.78, 5) is 7.24. The number of rotatable bonds is 7. The Morgan fingerprint density at radius 1 is 1.32 bits per heavy atom. The molecule has 3 rings (SSSR count). The molecule has 1 aromatic heterocycles. The Bertz CT molecular complexity index is 686. The second-order valence-corrected chi connectivity index (χ2v) is 8.25. The van der Waals surface area contributed by atoms with Crippen LogP contribution in [0.2, 0.25) is 0 Å². The van der Waals surface area contributed by atoms with Crippen LogP contribution in [0.5, 0.6) is 5.75 Å². The third-order valence-electron chi connectivity index (χ3n) is 4.79. The van der Waals surface area contributed by atoms with E-state index < -0.39 is 0 Å². The van der Waals surface area contributed by atoms with E-state index in [0.717, 1.165) is 39.6 Å². The van der Waals surface area contributed by atoms with Gasteiger partial charge in [0.25, 0.3) is 0 Å². The Labute approximate surface area is 162 Å². The maximum Gasteiger partial charge on any atom is 0.129 e. The highest BCUT2D eigenvalue weighted by Gasteiger charge is 2.22. The summed E-state index contributed by atoms with van der Waals surface area (Å²) in [5, 5.41) is 12.5. The Balaban J connectivity index is 1.77. The molecule has 0 unspecified atom stereocenters. The van der Waals surface area contributed by atoms with Gasteiger partial charge in [-0.1, -0.05) is 35.2 Å². The van der Waals surface area contributed by atoms with Crippen molar-refractivity contribution in [2.75, 3.05) is 20.3 Å². The molecular weight excluding hydrogens is 400 g/mol. The van der Waals surface area contributed by atoms with Crippen molar-refractivity contribution in [3.05, 3.63) is 33.7 Å². The normalized spacial score (nSPS) is 15.7. The van der Waals surface area contributed by atoms with Gasteiger partial charge >= 0.3 is 0 Å². The van der Waals surface area contributed by atoms with Gasteiger partial charge in [-0.3, -0.25) is 4.90 Å². The molecule has 136 valence electrons. The van der Waals surface area contributed by atoms with Gasteiger partial charge in [0.2, 0.25) is 0 Å². The number of methoxy groups -OCH3 is 1. The fourth-order valence-electron chi connectivity index (χ4n) is 3.52. The van der Waals surface area contributed by atoms with E-state index in [4.69, 9.17) is 9.72 Å². The third-order valence-corrected chi connectivity index (χ3v) is 6.20. The molecule has 1 saturated carbocycles. The number of aromatic nitrogens is 1. The minimum Gasteiger partial charge on any atom is -0.496 e. The average molecular weight is 425 g/mol. The van der Waals surface area contributed by atoms with Crippen molar-refractivity contribution >= 4 is 27.3 Å². The molecule has 4 nitrogen and oxygen atoms in total. The number of halogens is 1. The van der Waals surface area contributed by atoms with E-state index in [0.29, 0.717) is 6.04 Å². The van der Waals surface area contributed by atoms with Crippen molar-refractivity contribution < 1.29 is 9.84 Å². The summed E-state index contributed by atoms with van der Waals surface area (Å²) in [6.07, 6.45) is 6.40. The smallest absolute Gasteiger partial charge is 0.129 e. The third kappa shape index (κ3) is 4.82. The molecule has 0 amide bonds. The largest absolute Gasteiger partial charge is 0.496 e. The first kappa shape index (κ1) is 18.8. The van der Waals surface area contributed by atoms with E-state index in [2.05, 4.69) is 26.2 Å². The SMILES string of the molecule is COc1ccc(Br)cc1-c1nc(CN(CCO)C2CCCCC2)cs1. The zero-order valence-corrected chi connectivity index (χ0v) is 17.0. The lowest BCUT2D eigenvalue weighted by molar-refractivity contribution is 0.116. The monoisotopic (exact) mass is 424 g/mol. The fraction of sp³-hybridized carbons (Fsp3) is 0.526. The van der Waals surface area contributed by atoms with Crippen molar-refractivity contribution in [1.29, 1.82) is 0 Å². The number of hydrogen-bond acceptors (Lipinski definition) is 5. The maximum absolute atomic E-state index is 9.45. The Morgan fingerprint density at radius 3 is 2.84 bits per heavy atom. The van der Waals surface area contributed by atoms with Gasteiger partial charge in [-0.15, -0.1) is 11.3 Å². The van der Waals surface area contributed by atoms with Gasteiger partial charge in [0.1, 0.15) is 10.8 Å². The molecule has 1 aliphatic carbocycles. The van der Waals surface area contributed by atoms with Gasteiger partial charge in [0, 0.05) is 29.0 Å². The number of ether oxygens (including phenoxy) is 1. The van der Waals surface area contributed by atoms with Crippen LogP contribution >= 0.6 is 27.3 Å². The van der Waals surface area contributed by atoms with Crippen molar-refractivity contribution in [2.24, 2.45) is 0 Å². The van der Waals surface area contributed by atoms with Crippen LogP contribution in [-0.4, -0.2) is 41.3 Å². The van der Waals surface area contributed by atoms with Gasteiger partial charge < -0.3 is 9.84 Å². The first-order chi connectivity index (χ1) is 12.2. The van der Waals surface area contributed by atoms with E-state index >= 15 is 0 Å². The summed E-state index contributed by atoms with van der Waals surface area (Å²) < 4.78 is 6.50. The van der Waals surface area contributed by atoms with E-state index in [1.807, 2.05) is 18.2 Å². The average Bonchev–Trinajstić information content (AvgIpc) is 3.10. The van der Waals surface area contributed by atoms with E-state index in [1.165, 1.54) is 32.1 Å². The molecule has 6 heteroatoms. The fourth-order valence-corrected chi connectivity index (χ4v) is 4.72. The first-order valence-corrected chi connectivity index (χ1v) is 10.5. The molecule has 0 bridgehead atoms. The summed E-state index contributed by atoms with van der Waals surface area (Å²) in [7, 11) is 1.69. The summed E-state index contributed by atoms with van der Waals surface area (Å²) in [5.41, 5.74) is 2.08. The van der Waals surface area contributed by atoms with Crippen LogP contribution in [0.4, 0.5) is 0 Å². The molecule has 1 aromatic carbocycles. The lowest BCUT2D eigenvalue weighted by Gasteiger charge is -2.33. The molecule has 0 atom stereocenters. The molecule has 0 radical (unpaired) electrons. The van der Waals surface area contributed by atoms with E-state index in [1.54, 1.807) is 18.4 Å². The lowest BCUT2D eigenvalue weighted by atomic mass is 9.94. The highest BCUT2D eigenvalue weighted by Crippen LogP contribution is 2.35. The highest BCUT2D eigenvalue weighted by atomic mass is 79.9. The predicted molar refractivity (Wildman–Crippen MR) is 106 cm³/mol. The van der Waals surface area contributed by atoms with Crippen LogP contribution in [0.15, 0.2) is 28.1 Å². The molecule has 1 aliphatic rings. The van der Waals surface area contributed by atoms with Gasteiger partial charge in [-0.2, -0.15) is 0 Å². The second-order valence-electron chi connectivity index (χ2n) is 6.47. The molecule has 1 N–H and O–H groups in total. The summed E-state index contributed by atoms with van der Waals surface area (Å²) in [6, 6.07) is 6.56. The molecule has 25 heavy (non-hydrogen) atoms. The maximum atomic E-state index is 9.45. The standard InChI is InChI=1S/C19H25BrN2O2S/c1-24-18-8-7-14(20)11-17(18)19-21-15(13-25-19)12-22(9-10-23)16-5-3-2-4-6-16/h7-8,11,13,16,23H,2-6,9-10,12H2,1H3. The predicted octanol–water partition coefficient (Wildman–Crippen LogP) is 4.71. The summed E-state index contributed by atoms with van der Waals surface area (Å²) in [5.74, 6) is 0.837. The Hall–Kier alpha value is -0.950. The summed E-state index contributed by atoms with van der Waals surface area (Å²) in [6.45, 7) is 1.72. The number of aliphatic hydroxyl groups excluding tert-OH is 1. The van der Waals surface area contributed by atoms with Crippen molar-refractivity contribution in [3.63, 3.8) is 0 Å². The van der Waals surface area contributed by atoms with Crippen molar-refractivity contribution in [3.8, 4) is 16.3 Å². The van der Waals surface area contributed by atoms with Crippen LogP contribution in [0.1, 0.15) is 37.8 Å². The summed E-state index contributed by atoms with van der Waals surface area (Å²) >= 11 is 5.17. The number of hydrogen-bond donors (Lipinski definition) is 1. The molecular formula is C19H25BrN2O2S. The van der Waals surface area contributed by atoms with Gasteiger partial charge in [0.05, 0.1) is 25.0 Å². The van der Waals surface area contributed by atoms with Gasteiger partial charge in [-0.05, 0) is 31.0 Å². The highest BCUT2D eigenvalue weighted by molar-refractivity contribution is 9.10. The molecule has 1 fully saturated rings. The van der Waals surface area contributed by atoms with E-state index in [9.17, 15) is 5.11 Å². The molecule has 0 spiro atoms. The molecule has 0 aliphatic heterocycles. The topological polar surface area (TPSA) is 45.6 Å². The van der Waals surface area contributed by atoms with Crippen LogP contribution in [0, 0.1) is 0 Å². The number of benzene rings is 1. The lowest BCUT2D eigenvalue weighted by Crippen LogP contribution is -2.38. The van der Waals surface area contributed by atoms with Crippen molar-refractivity contribution in [1.82, 2.24) is 9.88 Å².